The van der Waals surface area contributed by atoms with E-state index >= 15 is 0 Å². The largest absolute Gasteiger partial charge is 0.507 e. The number of nitrogens with zero attached hydrogens (tertiary/aromatic N) is 1. The predicted octanol–water partition coefficient (Wildman–Crippen LogP) is 1.90. The number of likely N-dealkylation sites (N-methyl/N-ethyl adjacent to an activating group) is 1. The molecule has 228 valence electrons. The molecule has 10 nitrogen and oxygen atoms in total. The molecule has 2 fully saturated rings. The molecular weight excluding hydrogens is 550 g/mol. The van der Waals surface area contributed by atoms with Crippen molar-refractivity contribution in [3.63, 3.8) is 0 Å². The minimum absolute atomic E-state index is 0.0659. The van der Waals surface area contributed by atoms with Crippen LogP contribution in [0.4, 0.5) is 0 Å². The van der Waals surface area contributed by atoms with Gasteiger partial charge in [-0.1, -0.05) is 52.0 Å². The van der Waals surface area contributed by atoms with E-state index in [0.717, 1.165) is 11.1 Å². The highest BCUT2D eigenvalue weighted by atomic mass is 16.3. The molecule has 2 aromatic rings. The second-order valence-electron chi connectivity index (χ2n) is 13.5. The number of carbonyl (C=O) groups excluding carboxylic acids is 5. The fraction of sp³-hybridized carbons (Fsp3) is 0.485. The molecule has 3 aliphatic rings. The molecule has 5 rings (SSSR count). The fourth-order valence-electron chi connectivity index (χ4n) is 8.30. The van der Waals surface area contributed by atoms with Crippen molar-refractivity contribution in [1.29, 1.82) is 0 Å². The molecule has 0 aliphatic heterocycles. The minimum Gasteiger partial charge on any atom is -0.507 e. The zero-order valence-corrected chi connectivity index (χ0v) is 25.4. The number of ketones is 4. The van der Waals surface area contributed by atoms with Crippen molar-refractivity contribution in [2.75, 3.05) is 14.1 Å². The van der Waals surface area contributed by atoms with Gasteiger partial charge in [0, 0.05) is 17.5 Å². The summed E-state index contributed by atoms with van der Waals surface area (Å²) in [5, 5.41) is 23.4. The number of phenols is 1. The predicted molar refractivity (Wildman–Crippen MR) is 158 cm³/mol. The number of aliphatic hydroxyl groups is 1. The molecular formula is C33H39N3O7. The molecule has 2 unspecified atom stereocenters. The minimum atomic E-state index is -2.84. The topological polar surface area (TPSA) is 181 Å². The molecule has 10 heteroatoms. The van der Waals surface area contributed by atoms with Crippen LogP contribution in [-0.2, 0) is 32.1 Å². The van der Waals surface area contributed by atoms with Gasteiger partial charge in [0.15, 0.2) is 34.7 Å². The van der Waals surface area contributed by atoms with E-state index in [2.05, 4.69) is 13.8 Å². The third kappa shape index (κ3) is 3.99. The molecule has 2 aromatic carbocycles. The Morgan fingerprint density at radius 1 is 1.07 bits per heavy atom. The molecule has 3 aliphatic carbocycles. The maximum Gasteiger partial charge on any atom is 0.235 e. The Morgan fingerprint density at radius 3 is 2.19 bits per heavy atom. The third-order valence-electron chi connectivity index (χ3n) is 10.2. The van der Waals surface area contributed by atoms with Crippen LogP contribution in [0, 0.1) is 22.7 Å². The summed E-state index contributed by atoms with van der Waals surface area (Å²) in [5.74, 6) is -8.79. The molecule has 0 bridgehead atoms. The number of fused-ring (bicyclic) bond motifs is 3. The van der Waals surface area contributed by atoms with E-state index in [4.69, 9.17) is 11.5 Å². The summed E-state index contributed by atoms with van der Waals surface area (Å²) in [6, 6.07) is 8.42. The highest BCUT2D eigenvalue weighted by Gasteiger charge is 2.76. The van der Waals surface area contributed by atoms with E-state index < -0.39 is 63.3 Å². The SMILES string of the molecule is CC(C)c1ccc(-c2cc(CN)c(O)c3c2C[C@@]2(C)C[C@@]4(C)[C@H](N(C)C)C(=O)C(C(N)=O)C(=O)[C@@]4(O)C(=O)C2C3=O)cc1. The first-order valence-electron chi connectivity index (χ1n) is 14.5. The lowest BCUT2D eigenvalue weighted by molar-refractivity contribution is -0.203. The van der Waals surface area contributed by atoms with Gasteiger partial charge in [-0.3, -0.25) is 28.9 Å². The number of phenolic OH excluding ortho intramolecular Hbond substituents is 1. The molecule has 0 saturated heterocycles. The molecule has 0 heterocycles. The van der Waals surface area contributed by atoms with Crippen LogP contribution in [0.3, 0.4) is 0 Å². The molecule has 6 atom stereocenters. The van der Waals surface area contributed by atoms with Crippen LogP contribution >= 0.6 is 0 Å². The van der Waals surface area contributed by atoms with Gasteiger partial charge in [-0.25, -0.2) is 0 Å². The van der Waals surface area contributed by atoms with Crippen LogP contribution in [0.1, 0.15) is 67.1 Å². The molecule has 0 spiro atoms. The quantitative estimate of drug-likeness (QED) is 0.379. The van der Waals surface area contributed by atoms with Crippen LogP contribution in [0.5, 0.6) is 5.75 Å². The number of amides is 1. The number of benzene rings is 2. The zero-order valence-electron chi connectivity index (χ0n) is 25.4. The number of primary amides is 1. The Morgan fingerprint density at radius 2 is 1.67 bits per heavy atom. The van der Waals surface area contributed by atoms with Crippen LogP contribution in [0.25, 0.3) is 11.1 Å². The maximum absolute atomic E-state index is 14.4. The smallest absolute Gasteiger partial charge is 0.235 e. The lowest BCUT2D eigenvalue weighted by Crippen LogP contribution is -2.79. The average Bonchev–Trinajstić information content (AvgIpc) is 2.90. The summed E-state index contributed by atoms with van der Waals surface area (Å²) < 4.78 is 0. The van der Waals surface area contributed by atoms with Gasteiger partial charge >= 0.3 is 0 Å². The standard InChI is InChI=1S/C33H39N3O7/c1-15(2)16-7-9-17(10-8-16)19-11-18(13-34)24(37)21-20(19)12-31(3)14-32(4)27(36(5)6)26(39)22(30(35)42)28(40)33(32,43)29(41)23(31)25(21)38/h7-11,15,22-23,27,37,43H,12-14,34H2,1-6H3,(H2,35,42)/t22?,23?,27-,31+,32+,33-/m1/s1. The summed E-state index contributed by atoms with van der Waals surface area (Å²) in [4.78, 5) is 70.0. The molecule has 0 radical (unpaired) electrons. The van der Waals surface area contributed by atoms with E-state index in [0.29, 0.717) is 22.6 Å². The second-order valence-corrected chi connectivity index (χ2v) is 13.5. The molecule has 0 aromatic heterocycles. The van der Waals surface area contributed by atoms with Crippen molar-refractivity contribution in [1.82, 2.24) is 4.90 Å². The van der Waals surface area contributed by atoms with Gasteiger partial charge in [0.2, 0.25) is 5.91 Å². The van der Waals surface area contributed by atoms with Gasteiger partial charge in [0.25, 0.3) is 0 Å². The first-order valence-corrected chi connectivity index (χ1v) is 14.5. The van der Waals surface area contributed by atoms with Gasteiger partial charge in [-0.05, 0) is 66.6 Å². The van der Waals surface area contributed by atoms with E-state index in [9.17, 15) is 34.2 Å². The van der Waals surface area contributed by atoms with Gasteiger partial charge in [-0.15, -0.1) is 0 Å². The first-order chi connectivity index (χ1) is 20.0. The summed E-state index contributed by atoms with van der Waals surface area (Å²) in [7, 11) is 3.13. The summed E-state index contributed by atoms with van der Waals surface area (Å²) in [6.07, 6.45) is 0.0621. The van der Waals surface area contributed by atoms with Crippen LogP contribution < -0.4 is 11.5 Å². The van der Waals surface area contributed by atoms with Gasteiger partial charge in [-0.2, -0.15) is 0 Å². The molecule has 1 amide bonds. The van der Waals surface area contributed by atoms with Crippen molar-refractivity contribution in [2.24, 2.45) is 34.1 Å². The second kappa shape index (κ2) is 9.90. The van der Waals surface area contributed by atoms with E-state index in [1.165, 1.54) is 11.8 Å². The zero-order chi connectivity index (χ0) is 32.0. The average molecular weight is 590 g/mol. The van der Waals surface area contributed by atoms with Crippen LogP contribution in [0.2, 0.25) is 0 Å². The highest BCUT2D eigenvalue weighted by Crippen LogP contribution is 2.62. The summed E-state index contributed by atoms with van der Waals surface area (Å²) in [5.41, 5.74) is 9.11. The van der Waals surface area contributed by atoms with Crippen molar-refractivity contribution in [2.45, 2.75) is 64.6 Å². The number of hydrogen-bond acceptors (Lipinski definition) is 9. The molecule has 43 heavy (non-hydrogen) atoms. The van der Waals surface area contributed by atoms with Crippen molar-refractivity contribution < 1.29 is 34.2 Å². The van der Waals surface area contributed by atoms with Gasteiger partial charge in [0.05, 0.1) is 17.5 Å². The molecule has 2 saturated carbocycles. The Balaban J connectivity index is 1.75. The van der Waals surface area contributed by atoms with Crippen molar-refractivity contribution >= 4 is 29.0 Å². The highest BCUT2D eigenvalue weighted by molar-refractivity contribution is 6.33. The van der Waals surface area contributed by atoms with Gasteiger partial charge in [0.1, 0.15) is 5.75 Å². The van der Waals surface area contributed by atoms with Crippen molar-refractivity contribution in [3.8, 4) is 16.9 Å². The number of hydrogen-bond donors (Lipinski definition) is 4. The number of Topliss-reactive ketones (excluding diaryl/α,β-unsaturated/α-hetero) is 4. The monoisotopic (exact) mass is 589 g/mol. The van der Waals surface area contributed by atoms with Crippen LogP contribution in [0.15, 0.2) is 30.3 Å². The number of rotatable bonds is 5. The van der Waals surface area contributed by atoms with Crippen molar-refractivity contribution in [3.05, 3.63) is 52.6 Å². The Bertz CT molecular complexity index is 1600. The first kappa shape index (κ1) is 30.7. The van der Waals surface area contributed by atoms with Crippen LogP contribution in [-0.4, -0.2) is 69.9 Å². The Kier molecular flexibility index (Phi) is 7.07. The number of nitrogens with two attached hydrogens (primary N) is 2. The van der Waals surface area contributed by atoms with E-state index in [1.807, 2.05) is 24.3 Å². The summed E-state index contributed by atoms with van der Waals surface area (Å²) >= 11 is 0. The van der Waals surface area contributed by atoms with E-state index in [1.54, 1.807) is 27.1 Å². The lowest BCUT2D eigenvalue weighted by atomic mass is 9.42. The molecule has 6 N–H and O–H groups in total. The van der Waals surface area contributed by atoms with E-state index in [-0.39, 0.29) is 30.7 Å². The number of carbonyl (C=O) groups is 5. The Labute approximate surface area is 250 Å². The van der Waals surface area contributed by atoms with Gasteiger partial charge < -0.3 is 21.7 Å². The number of aromatic hydroxyl groups is 1. The summed E-state index contributed by atoms with van der Waals surface area (Å²) in [6.45, 7) is 7.32. The Hall–Kier alpha value is -3.73. The fourth-order valence-corrected chi connectivity index (χ4v) is 8.30. The normalized spacial score (nSPS) is 32.1. The maximum atomic E-state index is 14.4. The third-order valence-corrected chi connectivity index (χ3v) is 10.2. The lowest BCUT2D eigenvalue weighted by Gasteiger charge is -2.61.